The van der Waals surface area contributed by atoms with E-state index in [1.54, 1.807) is 0 Å². The summed E-state index contributed by atoms with van der Waals surface area (Å²) in [6, 6.07) is 0. The smallest absolute Gasteiger partial charge is 0.438 e. The lowest BCUT2D eigenvalue weighted by Gasteiger charge is -2.59. The summed E-state index contributed by atoms with van der Waals surface area (Å²) >= 11 is 0. The summed E-state index contributed by atoms with van der Waals surface area (Å²) in [6.07, 6.45) is 3.72. The number of hydrogen-bond donors (Lipinski definition) is 0. The molecule has 0 aromatic carbocycles. The molecule has 0 spiro atoms. The molecule has 0 unspecified atom stereocenters. The van der Waals surface area contributed by atoms with Gasteiger partial charge in [0.25, 0.3) is 0 Å². The van der Waals surface area contributed by atoms with Crippen LogP contribution in [-0.4, -0.2) is 37.7 Å². The minimum Gasteiger partial charge on any atom is -0.438 e. The van der Waals surface area contributed by atoms with E-state index in [-0.39, 0.29) is 0 Å². The molecule has 0 aliphatic heterocycles. The number of rotatable bonds is 2. The van der Waals surface area contributed by atoms with Gasteiger partial charge in [-0.15, -0.1) is 0 Å². The van der Waals surface area contributed by atoms with Gasteiger partial charge >= 0.3 is 12.3 Å². The fraction of sp³-hybridized carbons (Fsp3) is 0.857. The van der Waals surface area contributed by atoms with Crippen LogP contribution in [0, 0.1) is 11.8 Å². The van der Waals surface area contributed by atoms with E-state index in [1.807, 2.05) is 0 Å². The van der Waals surface area contributed by atoms with Gasteiger partial charge in [0, 0.05) is 6.42 Å². The molecule has 0 aromatic rings. The highest BCUT2D eigenvalue weighted by atomic mass is 16.7. The molecule has 0 atom stereocenters. The monoisotopic (exact) mass is 284 g/mol. The lowest BCUT2D eigenvalue weighted by Crippen LogP contribution is -2.61. The molecule has 0 N–H and O–H groups in total. The Bertz CT molecular complexity index is 381. The van der Waals surface area contributed by atoms with Gasteiger partial charge in [-0.1, -0.05) is 0 Å². The predicted octanol–water partition coefficient (Wildman–Crippen LogP) is 2.64. The predicted molar refractivity (Wildman–Crippen MR) is 67.1 cm³/mol. The van der Waals surface area contributed by atoms with Crippen molar-refractivity contribution < 1.29 is 28.5 Å². The van der Waals surface area contributed by atoms with Crippen molar-refractivity contribution >= 4 is 12.3 Å². The number of carbonyl (C=O) groups excluding carboxylic acids is 2. The number of ether oxygens (including phenoxy) is 4. The zero-order valence-corrected chi connectivity index (χ0v) is 11.8. The molecule has 4 bridgehead atoms. The molecule has 4 aliphatic carbocycles. The van der Waals surface area contributed by atoms with E-state index in [2.05, 4.69) is 9.47 Å². The van der Waals surface area contributed by atoms with Crippen molar-refractivity contribution in [2.24, 2.45) is 11.8 Å². The molecule has 4 fully saturated rings. The minimum atomic E-state index is -0.653. The second-order valence-corrected chi connectivity index (χ2v) is 6.44. The zero-order chi connectivity index (χ0) is 14.4. The first-order valence-corrected chi connectivity index (χ1v) is 7.02. The summed E-state index contributed by atoms with van der Waals surface area (Å²) < 4.78 is 20.4. The van der Waals surface area contributed by atoms with Gasteiger partial charge in [-0.25, -0.2) is 9.59 Å². The fourth-order valence-corrected chi connectivity index (χ4v) is 4.77. The largest absolute Gasteiger partial charge is 0.508 e. The van der Waals surface area contributed by atoms with Crippen LogP contribution in [0.3, 0.4) is 0 Å². The van der Waals surface area contributed by atoms with Crippen molar-refractivity contribution in [1.29, 1.82) is 0 Å². The van der Waals surface area contributed by atoms with Crippen LogP contribution < -0.4 is 0 Å². The molecule has 0 amide bonds. The highest BCUT2D eigenvalue weighted by Crippen LogP contribution is 2.60. The Balaban J connectivity index is 1.81. The van der Waals surface area contributed by atoms with Crippen LogP contribution >= 0.6 is 0 Å². The lowest BCUT2D eigenvalue weighted by molar-refractivity contribution is -0.208. The van der Waals surface area contributed by atoms with Gasteiger partial charge in [-0.2, -0.15) is 0 Å². The maximum Gasteiger partial charge on any atom is 0.508 e. The molecule has 20 heavy (non-hydrogen) atoms. The third-order valence-corrected chi connectivity index (χ3v) is 4.89. The van der Waals surface area contributed by atoms with E-state index in [0.29, 0.717) is 18.3 Å². The van der Waals surface area contributed by atoms with Crippen LogP contribution in [0.2, 0.25) is 0 Å². The molecular formula is C14H20O6. The van der Waals surface area contributed by atoms with Gasteiger partial charge in [0.1, 0.15) is 11.2 Å². The van der Waals surface area contributed by atoms with Crippen molar-refractivity contribution in [3.05, 3.63) is 0 Å². The summed E-state index contributed by atoms with van der Waals surface area (Å²) in [5.41, 5.74) is -1.07. The molecule has 0 saturated heterocycles. The molecule has 0 aromatic heterocycles. The Morgan fingerprint density at radius 1 is 0.850 bits per heavy atom. The molecule has 6 heteroatoms. The van der Waals surface area contributed by atoms with E-state index < -0.39 is 23.5 Å². The molecule has 4 aliphatic rings. The fourth-order valence-electron chi connectivity index (χ4n) is 4.77. The zero-order valence-electron chi connectivity index (χ0n) is 11.8. The molecule has 0 heterocycles. The van der Waals surface area contributed by atoms with Crippen LogP contribution in [0.15, 0.2) is 0 Å². The lowest BCUT2D eigenvalue weighted by atomic mass is 9.52. The third kappa shape index (κ3) is 2.21. The van der Waals surface area contributed by atoms with E-state index >= 15 is 0 Å². The molecule has 6 nitrogen and oxygen atoms in total. The highest BCUT2D eigenvalue weighted by Gasteiger charge is 2.61. The average Bonchev–Trinajstić information content (AvgIpc) is 2.35. The standard InChI is InChI=1S/C14H20O6/c1-17-11(15)19-13-4-9-3-10(5-13)7-14(6-9,8-13)20-12(16)18-2/h9-10H,3-8H2,1-2H3. The first kappa shape index (κ1) is 13.5. The van der Waals surface area contributed by atoms with Crippen LogP contribution in [0.1, 0.15) is 38.5 Å². The summed E-state index contributed by atoms with van der Waals surface area (Å²) in [7, 11) is 2.62. The Morgan fingerprint density at radius 3 is 1.60 bits per heavy atom. The average molecular weight is 284 g/mol. The summed E-state index contributed by atoms with van der Waals surface area (Å²) in [5.74, 6) is 0.871. The topological polar surface area (TPSA) is 71.1 Å². The summed E-state index contributed by atoms with van der Waals surface area (Å²) in [6.45, 7) is 0. The number of methoxy groups -OCH3 is 2. The molecule has 4 rings (SSSR count). The first-order chi connectivity index (χ1) is 9.48. The van der Waals surface area contributed by atoms with Gasteiger partial charge in [-0.3, -0.25) is 0 Å². The van der Waals surface area contributed by atoms with Gasteiger partial charge in [-0.05, 0) is 43.9 Å². The maximum atomic E-state index is 11.5. The van der Waals surface area contributed by atoms with E-state index in [4.69, 9.17) is 9.47 Å². The van der Waals surface area contributed by atoms with Crippen LogP contribution in [0.4, 0.5) is 9.59 Å². The summed E-state index contributed by atoms with van der Waals surface area (Å²) in [5, 5.41) is 0. The van der Waals surface area contributed by atoms with Crippen LogP contribution in [0.25, 0.3) is 0 Å². The summed E-state index contributed by atoms with van der Waals surface area (Å²) in [4.78, 5) is 23.0. The van der Waals surface area contributed by atoms with E-state index in [9.17, 15) is 9.59 Å². The van der Waals surface area contributed by atoms with Crippen molar-refractivity contribution in [1.82, 2.24) is 0 Å². The third-order valence-electron chi connectivity index (χ3n) is 4.89. The minimum absolute atomic E-state index is 0.436. The van der Waals surface area contributed by atoms with Gasteiger partial charge in [0.15, 0.2) is 0 Å². The second kappa shape index (κ2) is 4.53. The molecule has 112 valence electrons. The second-order valence-electron chi connectivity index (χ2n) is 6.44. The quantitative estimate of drug-likeness (QED) is 0.726. The molecular weight excluding hydrogens is 264 g/mol. The van der Waals surface area contributed by atoms with Gasteiger partial charge in [0.05, 0.1) is 14.2 Å². The van der Waals surface area contributed by atoms with Gasteiger partial charge < -0.3 is 18.9 Å². The van der Waals surface area contributed by atoms with Crippen molar-refractivity contribution in [3.63, 3.8) is 0 Å². The molecule has 0 radical (unpaired) electrons. The SMILES string of the molecule is COC(=O)OC12CC3CC(C1)CC(OC(=O)OC)(C3)C2. The van der Waals surface area contributed by atoms with Crippen LogP contribution in [0.5, 0.6) is 0 Å². The number of carbonyl (C=O) groups is 2. The van der Waals surface area contributed by atoms with Crippen molar-refractivity contribution in [3.8, 4) is 0 Å². The van der Waals surface area contributed by atoms with Gasteiger partial charge in [0.2, 0.25) is 0 Å². The molecule has 4 saturated carbocycles. The Labute approximate surface area is 117 Å². The Morgan fingerprint density at radius 2 is 1.25 bits per heavy atom. The highest BCUT2D eigenvalue weighted by molar-refractivity contribution is 5.61. The van der Waals surface area contributed by atoms with E-state index in [0.717, 1.165) is 32.1 Å². The van der Waals surface area contributed by atoms with Crippen LogP contribution in [-0.2, 0) is 18.9 Å². The van der Waals surface area contributed by atoms with Crippen molar-refractivity contribution in [2.45, 2.75) is 49.7 Å². The number of hydrogen-bond acceptors (Lipinski definition) is 6. The maximum absolute atomic E-state index is 11.5. The Kier molecular flexibility index (Phi) is 3.06. The Hall–Kier alpha value is -1.46. The van der Waals surface area contributed by atoms with E-state index in [1.165, 1.54) is 14.2 Å². The normalized spacial score (nSPS) is 41.1. The first-order valence-electron chi connectivity index (χ1n) is 7.02. The van der Waals surface area contributed by atoms with Crippen molar-refractivity contribution in [2.75, 3.05) is 14.2 Å².